The van der Waals surface area contributed by atoms with Crippen molar-refractivity contribution in [3.63, 3.8) is 0 Å². The zero-order valence-electron chi connectivity index (χ0n) is 8.59. The van der Waals surface area contributed by atoms with Gasteiger partial charge in [-0.3, -0.25) is 0 Å². The van der Waals surface area contributed by atoms with E-state index in [2.05, 4.69) is 9.97 Å². The lowest BCUT2D eigenvalue weighted by Crippen LogP contribution is -2.07. The third-order valence-corrected chi connectivity index (χ3v) is 2.21. The van der Waals surface area contributed by atoms with E-state index in [4.69, 9.17) is 10.8 Å². The number of benzene rings is 1. The lowest BCUT2D eigenvalue weighted by atomic mass is 10.0. The minimum absolute atomic E-state index is 0.0454. The van der Waals surface area contributed by atoms with E-state index < -0.39 is 11.8 Å². The van der Waals surface area contributed by atoms with Gasteiger partial charge in [0.2, 0.25) is 0 Å². The second-order valence-electron chi connectivity index (χ2n) is 3.29. The van der Waals surface area contributed by atoms with Crippen LogP contribution < -0.4 is 5.73 Å². The molecule has 0 bridgehead atoms. The summed E-state index contributed by atoms with van der Waals surface area (Å²) < 4.78 is 12.8. The molecule has 17 heavy (non-hydrogen) atoms. The van der Waals surface area contributed by atoms with Crippen molar-refractivity contribution in [2.24, 2.45) is 0 Å². The molecule has 3 N–H and O–H groups in total. The van der Waals surface area contributed by atoms with Crippen molar-refractivity contribution in [2.75, 3.05) is 5.73 Å². The molecule has 0 saturated heterocycles. The Morgan fingerprint density at radius 2 is 1.88 bits per heavy atom. The number of hydrogen-bond acceptors (Lipinski definition) is 4. The number of rotatable bonds is 2. The van der Waals surface area contributed by atoms with Crippen LogP contribution in [0.5, 0.6) is 0 Å². The maximum atomic E-state index is 12.8. The largest absolute Gasteiger partial charge is 0.476 e. The molecule has 0 spiro atoms. The molecule has 1 aromatic carbocycles. The number of hydrogen-bond donors (Lipinski definition) is 2. The Morgan fingerprint density at radius 1 is 1.24 bits per heavy atom. The number of halogens is 1. The third-order valence-electron chi connectivity index (χ3n) is 2.21. The van der Waals surface area contributed by atoms with E-state index in [0.29, 0.717) is 5.56 Å². The van der Waals surface area contributed by atoms with Crippen molar-refractivity contribution in [2.45, 2.75) is 0 Å². The fourth-order valence-electron chi connectivity index (χ4n) is 1.46. The van der Waals surface area contributed by atoms with Gasteiger partial charge in [0.25, 0.3) is 0 Å². The normalized spacial score (nSPS) is 10.2. The van der Waals surface area contributed by atoms with E-state index in [1.54, 1.807) is 0 Å². The highest BCUT2D eigenvalue weighted by Crippen LogP contribution is 2.26. The summed E-state index contributed by atoms with van der Waals surface area (Å²) in [5, 5.41) is 8.99. The minimum Gasteiger partial charge on any atom is -0.476 e. The Balaban J connectivity index is 2.65. The standard InChI is InChI=1S/C11H8FN3O2/c12-7-3-1-6(2-4-7)8-9(11(16)17)14-5-15-10(8)13/h1-5H,(H,16,17)(H2,13,14,15). The highest BCUT2D eigenvalue weighted by molar-refractivity contribution is 5.96. The molecular formula is C11H8FN3O2. The topological polar surface area (TPSA) is 89.1 Å². The summed E-state index contributed by atoms with van der Waals surface area (Å²) in [6.07, 6.45) is 1.08. The first-order chi connectivity index (χ1) is 8.09. The molecule has 0 fully saturated rings. The Morgan fingerprint density at radius 3 is 2.47 bits per heavy atom. The van der Waals surface area contributed by atoms with Gasteiger partial charge < -0.3 is 10.8 Å². The van der Waals surface area contributed by atoms with Crippen molar-refractivity contribution < 1.29 is 14.3 Å². The average molecular weight is 233 g/mol. The van der Waals surface area contributed by atoms with Crippen LogP contribution in [0, 0.1) is 5.82 Å². The van der Waals surface area contributed by atoms with E-state index >= 15 is 0 Å². The molecular weight excluding hydrogens is 225 g/mol. The van der Waals surface area contributed by atoms with Crippen molar-refractivity contribution >= 4 is 11.8 Å². The Bertz CT molecular complexity index is 569. The molecule has 1 heterocycles. The molecule has 0 aliphatic rings. The van der Waals surface area contributed by atoms with Crippen LogP contribution in [-0.2, 0) is 0 Å². The van der Waals surface area contributed by atoms with Crippen molar-refractivity contribution in [1.29, 1.82) is 0 Å². The zero-order chi connectivity index (χ0) is 12.4. The number of aromatic nitrogens is 2. The number of nitrogens with two attached hydrogens (primary N) is 1. The molecule has 86 valence electrons. The van der Waals surface area contributed by atoms with Gasteiger partial charge in [-0.1, -0.05) is 12.1 Å². The van der Waals surface area contributed by atoms with Gasteiger partial charge in [0, 0.05) is 0 Å². The Hall–Kier alpha value is -2.50. The maximum absolute atomic E-state index is 12.8. The number of anilines is 1. The number of carbonyl (C=O) groups is 1. The Kier molecular flexibility index (Phi) is 2.70. The van der Waals surface area contributed by atoms with Crippen molar-refractivity contribution in [3.05, 3.63) is 42.1 Å². The summed E-state index contributed by atoms with van der Waals surface area (Å²) in [7, 11) is 0. The van der Waals surface area contributed by atoms with Crippen LogP contribution in [0.3, 0.4) is 0 Å². The summed E-state index contributed by atoms with van der Waals surface area (Å²) in [5.41, 5.74) is 6.07. The lowest BCUT2D eigenvalue weighted by Gasteiger charge is -2.07. The van der Waals surface area contributed by atoms with Crippen LogP contribution in [0.25, 0.3) is 11.1 Å². The van der Waals surface area contributed by atoms with Crippen LogP contribution in [0.2, 0.25) is 0 Å². The molecule has 0 aliphatic carbocycles. The van der Waals surface area contributed by atoms with Gasteiger partial charge >= 0.3 is 5.97 Å². The summed E-state index contributed by atoms with van der Waals surface area (Å²) in [6, 6.07) is 5.29. The summed E-state index contributed by atoms with van der Waals surface area (Å²) in [4.78, 5) is 18.4. The number of aromatic carboxylic acids is 1. The summed E-state index contributed by atoms with van der Waals surface area (Å²) >= 11 is 0. The zero-order valence-corrected chi connectivity index (χ0v) is 8.59. The molecule has 2 aromatic rings. The van der Waals surface area contributed by atoms with Crippen molar-refractivity contribution in [3.8, 4) is 11.1 Å². The highest BCUT2D eigenvalue weighted by Gasteiger charge is 2.16. The number of nitrogen functional groups attached to an aromatic ring is 1. The fraction of sp³-hybridized carbons (Fsp3) is 0. The molecule has 5 nitrogen and oxygen atoms in total. The molecule has 0 saturated carbocycles. The van der Waals surface area contributed by atoms with E-state index in [9.17, 15) is 9.18 Å². The predicted octanol–water partition coefficient (Wildman–Crippen LogP) is 1.56. The smallest absolute Gasteiger partial charge is 0.355 e. The lowest BCUT2D eigenvalue weighted by molar-refractivity contribution is 0.0691. The quantitative estimate of drug-likeness (QED) is 0.821. The van der Waals surface area contributed by atoms with Gasteiger partial charge in [0.05, 0.1) is 5.56 Å². The fourth-order valence-corrected chi connectivity index (χ4v) is 1.46. The predicted molar refractivity (Wildman–Crippen MR) is 58.8 cm³/mol. The first-order valence-electron chi connectivity index (χ1n) is 4.69. The van der Waals surface area contributed by atoms with Gasteiger partial charge in [-0.25, -0.2) is 19.2 Å². The van der Waals surface area contributed by atoms with Crippen LogP contribution in [0.15, 0.2) is 30.6 Å². The second kappa shape index (κ2) is 4.17. The SMILES string of the molecule is Nc1ncnc(C(=O)O)c1-c1ccc(F)cc1. The molecule has 6 heteroatoms. The van der Waals surface area contributed by atoms with E-state index in [1.165, 1.54) is 24.3 Å². The highest BCUT2D eigenvalue weighted by atomic mass is 19.1. The third kappa shape index (κ3) is 2.05. The number of carboxylic acids is 1. The maximum Gasteiger partial charge on any atom is 0.355 e. The first kappa shape index (κ1) is 11.0. The monoisotopic (exact) mass is 233 g/mol. The van der Waals surface area contributed by atoms with Crippen LogP contribution in [0.1, 0.15) is 10.5 Å². The molecule has 0 atom stereocenters. The summed E-state index contributed by atoms with van der Waals surface area (Å²) in [6.45, 7) is 0. The molecule has 0 radical (unpaired) electrons. The minimum atomic E-state index is -1.21. The molecule has 1 aromatic heterocycles. The van der Waals surface area contributed by atoms with Crippen LogP contribution in [0.4, 0.5) is 10.2 Å². The van der Waals surface area contributed by atoms with Crippen LogP contribution in [-0.4, -0.2) is 21.0 Å². The summed E-state index contributed by atoms with van der Waals surface area (Å²) in [5.74, 6) is -1.58. The van der Waals surface area contributed by atoms with Gasteiger partial charge in [-0.2, -0.15) is 0 Å². The van der Waals surface area contributed by atoms with Gasteiger partial charge in [0.15, 0.2) is 5.69 Å². The molecule has 0 unspecified atom stereocenters. The Labute approximate surface area is 95.8 Å². The van der Waals surface area contributed by atoms with E-state index in [0.717, 1.165) is 6.33 Å². The van der Waals surface area contributed by atoms with E-state index in [-0.39, 0.29) is 17.1 Å². The van der Waals surface area contributed by atoms with Gasteiger partial charge in [-0.05, 0) is 17.7 Å². The van der Waals surface area contributed by atoms with E-state index in [1.807, 2.05) is 0 Å². The van der Waals surface area contributed by atoms with Gasteiger partial charge in [-0.15, -0.1) is 0 Å². The first-order valence-corrected chi connectivity index (χ1v) is 4.69. The van der Waals surface area contributed by atoms with Crippen molar-refractivity contribution in [1.82, 2.24) is 9.97 Å². The molecule has 2 rings (SSSR count). The second-order valence-corrected chi connectivity index (χ2v) is 3.29. The molecule has 0 aliphatic heterocycles. The average Bonchev–Trinajstić information content (AvgIpc) is 2.30. The number of nitrogens with zero attached hydrogens (tertiary/aromatic N) is 2. The van der Waals surface area contributed by atoms with Gasteiger partial charge in [0.1, 0.15) is 18.0 Å². The number of carboxylic acid groups (broad SMARTS) is 1. The van der Waals surface area contributed by atoms with Crippen LogP contribution >= 0.6 is 0 Å². The molecule has 0 amide bonds.